The van der Waals surface area contributed by atoms with Crippen LogP contribution in [-0.4, -0.2) is 55.0 Å². The molecule has 1 heterocycles. The Balaban J connectivity index is 2.27. The molecular formula is C20H28N4O. The summed E-state index contributed by atoms with van der Waals surface area (Å²) in [4.78, 5) is 20.7. The molecule has 1 N–H and O–H groups in total. The van der Waals surface area contributed by atoms with Crippen molar-refractivity contribution < 1.29 is 4.79 Å². The molecule has 0 aliphatic carbocycles. The summed E-state index contributed by atoms with van der Waals surface area (Å²) < 4.78 is 0. The SMILES string of the molecule is Cc1ccc(C)c([C@@H](NC(=O)N(C)CCN(C)C)c2cccnc2)c1. The molecule has 0 saturated heterocycles. The summed E-state index contributed by atoms with van der Waals surface area (Å²) in [6.45, 7) is 5.63. The lowest BCUT2D eigenvalue weighted by Crippen LogP contribution is -2.42. The second kappa shape index (κ2) is 8.62. The van der Waals surface area contributed by atoms with Gasteiger partial charge in [0.25, 0.3) is 0 Å². The molecule has 0 saturated carbocycles. The topological polar surface area (TPSA) is 48.5 Å². The molecule has 0 spiro atoms. The fourth-order valence-corrected chi connectivity index (χ4v) is 2.64. The second-order valence-electron chi connectivity index (χ2n) is 6.75. The molecule has 0 aliphatic rings. The van der Waals surface area contributed by atoms with Gasteiger partial charge in [0, 0.05) is 32.5 Å². The van der Waals surface area contributed by atoms with Crippen molar-refractivity contribution in [2.45, 2.75) is 19.9 Å². The molecule has 0 fully saturated rings. The van der Waals surface area contributed by atoms with Gasteiger partial charge in [-0.25, -0.2) is 4.79 Å². The molecule has 0 radical (unpaired) electrons. The first-order valence-electron chi connectivity index (χ1n) is 8.52. The lowest BCUT2D eigenvalue weighted by molar-refractivity contribution is 0.201. The number of carbonyl (C=O) groups excluding carboxylic acids is 1. The Morgan fingerprint density at radius 1 is 1.16 bits per heavy atom. The first kappa shape index (κ1) is 18.9. The van der Waals surface area contributed by atoms with Crippen LogP contribution in [0.5, 0.6) is 0 Å². The summed E-state index contributed by atoms with van der Waals surface area (Å²) in [7, 11) is 5.82. The number of hydrogen-bond donors (Lipinski definition) is 1. The smallest absolute Gasteiger partial charge is 0.317 e. The maximum absolute atomic E-state index is 12.7. The van der Waals surface area contributed by atoms with Crippen LogP contribution in [0.4, 0.5) is 4.79 Å². The predicted molar refractivity (Wildman–Crippen MR) is 102 cm³/mol. The van der Waals surface area contributed by atoms with E-state index in [2.05, 4.69) is 47.2 Å². The quantitative estimate of drug-likeness (QED) is 0.879. The van der Waals surface area contributed by atoms with E-state index < -0.39 is 0 Å². The first-order valence-corrected chi connectivity index (χ1v) is 8.52. The van der Waals surface area contributed by atoms with Crippen molar-refractivity contribution in [1.82, 2.24) is 20.1 Å². The van der Waals surface area contributed by atoms with Crippen molar-refractivity contribution in [3.8, 4) is 0 Å². The summed E-state index contributed by atoms with van der Waals surface area (Å²) >= 11 is 0. The number of rotatable bonds is 6. The fourth-order valence-electron chi connectivity index (χ4n) is 2.64. The number of likely N-dealkylation sites (N-methyl/N-ethyl adjacent to an activating group) is 2. The van der Waals surface area contributed by atoms with Gasteiger partial charge in [-0.1, -0.05) is 29.8 Å². The van der Waals surface area contributed by atoms with Crippen LogP contribution in [0.3, 0.4) is 0 Å². The molecule has 0 aliphatic heterocycles. The monoisotopic (exact) mass is 340 g/mol. The van der Waals surface area contributed by atoms with Crippen molar-refractivity contribution in [1.29, 1.82) is 0 Å². The summed E-state index contributed by atoms with van der Waals surface area (Å²) in [5.74, 6) is 0. The van der Waals surface area contributed by atoms with Gasteiger partial charge in [-0.3, -0.25) is 4.98 Å². The Labute approximate surface area is 150 Å². The zero-order valence-electron chi connectivity index (χ0n) is 15.8. The number of urea groups is 1. The van der Waals surface area contributed by atoms with Gasteiger partial charge >= 0.3 is 6.03 Å². The number of pyridine rings is 1. The predicted octanol–water partition coefficient (Wildman–Crippen LogP) is 2.99. The van der Waals surface area contributed by atoms with Crippen molar-refractivity contribution in [3.63, 3.8) is 0 Å². The average molecular weight is 340 g/mol. The average Bonchev–Trinajstić information content (AvgIpc) is 2.60. The van der Waals surface area contributed by atoms with Crippen molar-refractivity contribution in [2.24, 2.45) is 0 Å². The minimum absolute atomic E-state index is 0.0865. The molecule has 134 valence electrons. The van der Waals surface area contributed by atoms with E-state index in [0.717, 1.165) is 23.2 Å². The number of aryl methyl sites for hydroxylation is 2. The van der Waals surface area contributed by atoms with Crippen molar-refractivity contribution in [3.05, 3.63) is 65.0 Å². The van der Waals surface area contributed by atoms with Gasteiger partial charge in [-0.2, -0.15) is 0 Å². The third-order valence-electron chi connectivity index (χ3n) is 4.26. The molecule has 1 aromatic heterocycles. The first-order chi connectivity index (χ1) is 11.9. The Hall–Kier alpha value is -2.40. The molecule has 2 amide bonds. The zero-order valence-corrected chi connectivity index (χ0v) is 15.8. The van der Waals surface area contributed by atoms with Crippen LogP contribution in [0.25, 0.3) is 0 Å². The standard InChI is InChI=1S/C20H28N4O/c1-15-8-9-16(2)18(13-15)19(17-7-6-10-21-14-17)22-20(25)24(5)12-11-23(3)4/h6-10,13-14,19H,11-12H2,1-5H3,(H,22,25)/t19-/m0/s1. The van der Waals surface area contributed by atoms with Crippen LogP contribution in [0.1, 0.15) is 28.3 Å². The van der Waals surface area contributed by atoms with E-state index in [1.165, 1.54) is 5.56 Å². The van der Waals surface area contributed by atoms with E-state index in [-0.39, 0.29) is 12.1 Å². The number of aromatic nitrogens is 1. The molecule has 5 nitrogen and oxygen atoms in total. The van der Waals surface area contributed by atoms with Crippen molar-refractivity contribution >= 4 is 6.03 Å². The molecule has 5 heteroatoms. The minimum Gasteiger partial charge on any atom is -0.327 e. The van der Waals surface area contributed by atoms with E-state index in [4.69, 9.17) is 0 Å². The van der Waals surface area contributed by atoms with Gasteiger partial charge in [-0.05, 0) is 50.7 Å². The van der Waals surface area contributed by atoms with Crippen LogP contribution >= 0.6 is 0 Å². The van der Waals surface area contributed by atoms with E-state index >= 15 is 0 Å². The van der Waals surface area contributed by atoms with Gasteiger partial charge in [0.1, 0.15) is 0 Å². The van der Waals surface area contributed by atoms with Gasteiger partial charge < -0.3 is 15.1 Å². The van der Waals surface area contributed by atoms with Crippen LogP contribution in [0.15, 0.2) is 42.7 Å². The number of carbonyl (C=O) groups is 1. The molecule has 0 unspecified atom stereocenters. The lowest BCUT2D eigenvalue weighted by Gasteiger charge is -2.26. The number of amides is 2. The van der Waals surface area contributed by atoms with Gasteiger partial charge in [-0.15, -0.1) is 0 Å². The number of hydrogen-bond acceptors (Lipinski definition) is 3. The highest BCUT2D eigenvalue weighted by Crippen LogP contribution is 2.25. The molecule has 2 aromatic rings. The Kier molecular flexibility index (Phi) is 6.53. The number of benzene rings is 1. The van der Waals surface area contributed by atoms with E-state index in [9.17, 15) is 4.79 Å². The third kappa shape index (κ3) is 5.29. The lowest BCUT2D eigenvalue weighted by atomic mass is 9.94. The number of nitrogens with one attached hydrogen (secondary N) is 1. The van der Waals surface area contributed by atoms with E-state index in [1.54, 1.807) is 11.1 Å². The second-order valence-corrected chi connectivity index (χ2v) is 6.75. The highest BCUT2D eigenvalue weighted by molar-refractivity contribution is 5.75. The maximum atomic E-state index is 12.7. The largest absolute Gasteiger partial charge is 0.327 e. The Morgan fingerprint density at radius 3 is 2.56 bits per heavy atom. The highest BCUT2D eigenvalue weighted by Gasteiger charge is 2.21. The third-order valence-corrected chi connectivity index (χ3v) is 4.26. The van der Waals surface area contributed by atoms with Crippen LogP contribution in [-0.2, 0) is 0 Å². The highest BCUT2D eigenvalue weighted by atomic mass is 16.2. The Bertz CT molecular complexity index is 700. The van der Waals surface area contributed by atoms with Gasteiger partial charge in [0.2, 0.25) is 0 Å². The van der Waals surface area contributed by atoms with Crippen molar-refractivity contribution in [2.75, 3.05) is 34.2 Å². The van der Waals surface area contributed by atoms with Gasteiger partial charge in [0.05, 0.1) is 6.04 Å². The summed E-state index contributed by atoms with van der Waals surface area (Å²) in [6, 6.07) is 9.90. The molecule has 1 aromatic carbocycles. The maximum Gasteiger partial charge on any atom is 0.317 e. The summed E-state index contributed by atoms with van der Waals surface area (Å²) in [5.41, 5.74) is 4.40. The molecular weight excluding hydrogens is 312 g/mol. The van der Waals surface area contributed by atoms with E-state index in [1.807, 2.05) is 39.5 Å². The fraction of sp³-hybridized carbons (Fsp3) is 0.400. The summed E-state index contributed by atoms with van der Waals surface area (Å²) in [5, 5.41) is 3.17. The molecule has 0 bridgehead atoms. The van der Waals surface area contributed by atoms with E-state index in [0.29, 0.717) is 6.54 Å². The Morgan fingerprint density at radius 2 is 1.92 bits per heavy atom. The number of nitrogens with zero attached hydrogens (tertiary/aromatic N) is 3. The normalized spacial score (nSPS) is 12.1. The minimum atomic E-state index is -0.220. The molecule has 2 rings (SSSR count). The molecule has 25 heavy (non-hydrogen) atoms. The molecule has 1 atom stereocenters. The van der Waals surface area contributed by atoms with Gasteiger partial charge in [0.15, 0.2) is 0 Å². The zero-order chi connectivity index (χ0) is 18.4. The summed E-state index contributed by atoms with van der Waals surface area (Å²) in [6.07, 6.45) is 3.56. The van der Waals surface area contributed by atoms with Crippen LogP contribution in [0, 0.1) is 13.8 Å². The van der Waals surface area contributed by atoms with Crippen LogP contribution < -0.4 is 5.32 Å². The van der Waals surface area contributed by atoms with Crippen LogP contribution in [0.2, 0.25) is 0 Å².